The van der Waals surface area contributed by atoms with E-state index in [1.165, 1.54) is 18.0 Å². The van der Waals surface area contributed by atoms with Crippen molar-refractivity contribution in [2.45, 2.75) is 30.8 Å². The number of carbonyl (C=O) groups excluding carboxylic acids is 1. The molecule has 1 aromatic carbocycles. The van der Waals surface area contributed by atoms with Gasteiger partial charge in [0.2, 0.25) is 5.91 Å². The molecule has 0 spiro atoms. The second-order valence-electron chi connectivity index (χ2n) is 5.53. The zero-order valence-corrected chi connectivity index (χ0v) is 16.0. The third-order valence-corrected chi connectivity index (χ3v) is 5.00. The van der Waals surface area contributed by atoms with E-state index in [2.05, 4.69) is 20.5 Å². The van der Waals surface area contributed by atoms with Crippen molar-refractivity contribution in [3.8, 4) is 11.4 Å². The van der Waals surface area contributed by atoms with E-state index in [0.29, 0.717) is 22.5 Å². The number of hydrogen-bond donors (Lipinski definition) is 1. The van der Waals surface area contributed by atoms with Crippen LogP contribution in [0.15, 0.2) is 53.8 Å². The maximum atomic E-state index is 12.4. The highest BCUT2D eigenvalue weighted by Gasteiger charge is 2.20. The molecule has 0 bridgehead atoms. The number of anilines is 1. The molecule has 3 aromatic rings. The summed E-state index contributed by atoms with van der Waals surface area (Å²) in [5, 5.41) is 12.2. The van der Waals surface area contributed by atoms with Gasteiger partial charge in [-0.2, -0.15) is 0 Å². The van der Waals surface area contributed by atoms with Gasteiger partial charge in [-0.1, -0.05) is 53.7 Å². The Bertz CT molecular complexity index is 882. The average Bonchev–Trinajstić information content (AvgIpc) is 3.06. The number of aromatic nitrogens is 4. The number of benzene rings is 1. The Kier molecular flexibility index (Phi) is 5.90. The van der Waals surface area contributed by atoms with Crippen molar-refractivity contribution in [2.24, 2.45) is 0 Å². The third-order valence-electron chi connectivity index (χ3n) is 3.70. The third kappa shape index (κ3) is 4.23. The number of nitrogens with zero attached hydrogens (tertiary/aromatic N) is 4. The SMILES string of the molecule is CCn1c(S[C@H](C)C(=O)Nc2ccc(Cl)cn2)nnc1-c1ccccc1. The Morgan fingerprint density at radius 3 is 2.65 bits per heavy atom. The van der Waals surface area contributed by atoms with Crippen LogP contribution < -0.4 is 5.32 Å². The molecule has 8 heteroatoms. The van der Waals surface area contributed by atoms with Gasteiger partial charge in [0.25, 0.3) is 0 Å². The fourth-order valence-corrected chi connectivity index (χ4v) is 3.38. The molecular weight excluding hydrogens is 370 g/mol. The van der Waals surface area contributed by atoms with Crippen LogP contribution in [0.25, 0.3) is 11.4 Å². The fraction of sp³-hybridized carbons (Fsp3) is 0.222. The number of amides is 1. The van der Waals surface area contributed by atoms with Crippen LogP contribution in [-0.2, 0) is 11.3 Å². The topological polar surface area (TPSA) is 72.7 Å². The largest absolute Gasteiger partial charge is 0.310 e. The Labute approximate surface area is 161 Å². The maximum Gasteiger partial charge on any atom is 0.238 e. The standard InChI is InChI=1S/C18H18ClN5OS/c1-3-24-16(13-7-5-4-6-8-13)22-23-18(24)26-12(2)17(25)21-15-10-9-14(19)11-20-15/h4-12H,3H2,1-2H3,(H,20,21,25)/t12-/m1/s1. The van der Waals surface area contributed by atoms with E-state index in [-0.39, 0.29) is 11.2 Å². The predicted molar refractivity (Wildman–Crippen MR) is 104 cm³/mol. The van der Waals surface area contributed by atoms with E-state index in [1.54, 1.807) is 12.1 Å². The van der Waals surface area contributed by atoms with Gasteiger partial charge in [-0.05, 0) is 26.0 Å². The number of carbonyl (C=O) groups is 1. The number of thioether (sulfide) groups is 1. The van der Waals surface area contributed by atoms with Crippen molar-refractivity contribution in [3.05, 3.63) is 53.7 Å². The number of pyridine rings is 1. The highest BCUT2D eigenvalue weighted by atomic mass is 35.5. The van der Waals surface area contributed by atoms with Gasteiger partial charge in [0.1, 0.15) is 5.82 Å². The summed E-state index contributed by atoms with van der Waals surface area (Å²) in [5.41, 5.74) is 0.996. The number of nitrogens with one attached hydrogen (secondary N) is 1. The minimum Gasteiger partial charge on any atom is -0.310 e. The summed E-state index contributed by atoms with van der Waals surface area (Å²) in [5.74, 6) is 1.10. The number of halogens is 1. The molecule has 134 valence electrons. The normalized spacial score (nSPS) is 12.0. The molecule has 2 heterocycles. The van der Waals surface area contributed by atoms with Crippen molar-refractivity contribution in [2.75, 3.05) is 5.32 Å². The Morgan fingerprint density at radius 2 is 2.00 bits per heavy atom. The molecule has 0 fully saturated rings. The molecule has 1 amide bonds. The summed E-state index contributed by atoms with van der Waals surface area (Å²) < 4.78 is 2.00. The first-order valence-corrected chi connectivity index (χ1v) is 9.42. The van der Waals surface area contributed by atoms with Gasteiger partial charge >= 0.3 is 0 Å². The lowest BCUT2D eigenvalue weighted by Crippen LogP contribution is -2.23. The van der Waals surface area contributed by atoms with Crippen molar-refractivity contribution < 1.29 is 4.79 Å². The predicted octanol–water partition coefficient (Wildman–Crippen LogP) is 4.13. The first-order chi connectivity index (χ1) is 12.6. The number of rotatable bonds is 6. The second-order valence-corrected chi connectivity index (χ2v) is 7.27. The molecule has 6 nitrogen and oxygen atoms in total. The van der Waals surface area contributed by atoms with Crippen molar-refractivity contribution in [1.82, 2.24) is 19.7 Å². The van der Waals surface area contributed by atoms with E-state index in [4.69, 9.17) is 11.6 Å². The van der Waals surface area contributed by atoms with Gasteiger partial charge < -0.3 is 9.88 Å². The molecule has 0 aliphatic rings. The Balaban J connectivity index is 1.73. The first-order valence-electron chi connectivity index (χ1n) is 8.16. The minimum absolute atomic E-state index is 0.156. The molecule has 3 rings (SSSR count). The van der Waals surface area contributed by atoms with Crippen LogP contribution >= 0.6 is 23.4 Å². The van der Waals surface area contributed by atoms with E-state index in [1.807, 2.05) is 48.7 Å². The molecule has 0 saturated heterocycles. The smallest absolute Gasteiger partial charge is 0.238 e. The molecule has 0 unspecified atom stereocenters. The van der Waals surface area contributed by atoms with Crippen LogP contribution in [-0.4, -0.2) is 30.9 Å². The molecule has 26 heavy (non-hydrogen) atoms. The van der Waals surface area contributed by atoms with E-state index in [9.17, 15) is 4.79 Å². The fourth-order valence-electron chi connectivity index (χ4n) is 2.35. The molecule has 1 N–H and O–H groups in total. The zero-order valence-electron chi connectivity index (χ0n) is 14.4. The summed E-state index contributed by atoms with van der Waals surface area (Å²) in [4.78, 5) is 16.5. The lowest BCUT2D eigenvalue weighted by atomic mass is 10.2. The van der Waals surface area contributed by atoms with E-state index >= 15 is 0 Å². The van der Waals surface area contributed by atoms with Crippen LogP contribution in [0.5, 0.6) is 0 Å². The van der Waals surface area contributed by atoms with Crippen molar-refractivity contribution >= 4 is 35.1 Å². The van der Waals surface area contributed by atoms with Crippen LogP contribution in [0, 0.1) is 0 Å². The molecule has 2 aromatic heterocycles. The number of hydrogen-bond acceptors (Lipinski definition) is 5. The zero-order chi connectivity index (χ0) is 18.5. The van der Waals surface area contributed by atoms with Gasteiger partial charge in [-0.15, -0.1) is 10.2 Å². The Morgan fingerprint density at radius 1 is 1.23 bits per heavy atom. The lowest BCUT2D eigenvalue weighted by molar-refractivity contribution is -0.115. The van der Waals surface area contributed by atoms with Crippen molar-refractivity contribution in [3.63, 3.8) is 0 Å². The maximum absolute atomic E-state index is 12.4. The molecular formula is C18H18ClN5OS. The van der Waals surface area contributed by atoms with Crippen LogP contribution in [0.1, 0.15) is 13.8 Å². The van der Waals surface area contributed by atoms with Gasteiger partial charge in [0.15, 0.2) is 11.0 Å². The van der Waals surface area contributed by atoms with E-state index in [0.717, 1.165) is 11.4 Å². The lowest BCUT2D eigenvalue weighted by Gasteiger charge is -2.12. The summed E-state index contributed by atoms with van der Waals surface area (Å²) >= 11 is 7.17. The van der Waals surface area contributed by atoms with E-state index < -0.39 is 0 Å². The van der Waals surface area contributed by atoms with Crippen LogP contribution in [0.4, 0.5) is 5.82 Å². The van der Waals surface area contributed by atoms with Gasteiger partial charge in [0, 0.05) is 18.3 Å². The Hall–Kier alpha value is -2.38. The minimum atomic E-state index is -0.356. The first kappa shape index (κ1) is 18.4. The second kappa shape index (κ2) is 8.33. The average molecular weight is 388 g/mol. The van der Waals surface area contributed by atoms with Gasteiger partial charge in [-0.3, -0.25) is 4.79 Å². The summed E-state index contributed by atoms with van der Waals surface area (Å²) in [6, 6.07) is 13.2. The highest BCUT2D eigenvalue weighted by Crippen LogP contribution is 2.27. The molecule has 0 radical (unpaired) electrons. The molecule has 0 aliphatic heterocycles. The molecule has 0 saturated carbocycles. The quantitative estimate of drug-likeness (QED) is 0.643. The summed E-state index contributed by atoms with van der Waals surface area (Å²) in [7, 11) is 0. The van der Waals surface area contributed by atoms with Crippen molar-refractivity contribution in [1.29, 1.82) is 0 Å². The summed E-state index contributed by atoms with van der Waals surface area (Å²) in [6.07, 6.45) is 1.49. The summed E-state index contributed by atoms with van der Waals surface area (Å²) in [6.45, 7) is 4.57. The monoisotopic (exact) mass is 387 g/mol. The van der Waals surface area contributed by atoms with Gasteiger partial charge in [-0.25, -0.2) is 4.98 Å². The molecule has 0 aliphatic carbocycles. The van der Waals surface area contributed by atoms with Crippen LogP contribution in [0.3, 0.4) is 0 Å². The molecule has 1 atom stereocenters. The highest BCUT2D eigenvalue weighted by molar-refractivity contribution is 8.00. The van der Waals surface area contributed by atoms with Crippen LogP contribution in [0.2, 0.25) is 5.02 Å². The van der Waals surface area contributed by atoms with Gasteiger partial charge in [0.05, 0.1) is 10.3 Å².